The molecule has 1 rings (SSSR count). The van der Waals surface area contributed by atoms with Gasteiger partial charge in [-0.3, -0.25) is 4.68 Å². The van der Waals surface area contributed by atoms with Crippen molar-refractivity contribution in [2.45, 2.75) is 27.2 Å². The Bertz CT molecular complexity index is 248. The van der Waals surface area contributed by atoms with Crippen LogP contribution < -0.4 is 5.73 Å². The van der Waals surface area contributed by atoms with Gasteiger partial charge in [-0.15, -0.1) is 0 Å². The van der Waals surface area contributed by atoms with E-state index in [1.54, 1.807) is 4.68 Å². The van der Waals surface area contributed by atoms with Gasteiger partial charge in [0, 0.05) is 13.1 Å². The average Bonchev–Trinajstić information content (AvgIpc) is 2.07. The summed E-state index contributed by atoms with van der Waals surface area (Å²) >= 11 is 0. The quantitative estimate of drug-likeness (QED) is 0.690. The highest BCUT2D eigenvalue weighted by molar-refractivity contribution is 5.30. The number of hydrogen-bond donors (Lipinski definition) is 1. The molecule has 0 amide bonds. The summed E-state index contributed by atoms with van der Waals surface area (Å²) in [5, 5.41) is 4.29. The highest BCUT2D eigenvalue weighted by atomic mass is 15.3. The molecule has 0 aliphatic carbocycles. The minimum absolute atomic E-state index is 0.279. The Kier molecular flexibility index (Phi) is 2.13. The van der Waals surface area contributed by atoms with Crippen LogP contribution in [0.5, 0.6) is 0 Å². The molecular formula is C9H17N3. The van der Waals surface area contributed by atoms with Crippen LogP contribution in [-0.2, 0) is 13.5 Å². The fourth-order valence-electron chi connectivity index (χ4n) is 1.17. The molecule has 0 saturated heterocycles. The van der Waals surface area contributed by atoms with Crippen molar-refractivity contribution in [2.75, 3.05) is 5.73 Å². The molecule has 3 nitrogen and oxygen atoms in total. The van der Waals surface area contributed by atoms with Crippen LogP contribution in [0.2, 0.25) is 0 Å². The summed E-state index contributed by atoms with van der Waals surface area (Å²) in [4.78, 5) is 0. The van der Waals surface area contributed by atoms with Gasteiger partial charge in [-0.1, -0.05) is 20.8 Å². The minimum atomic E-state index is 0.279. The smallest absolute Gasteiger partial charge is 0.121 e. The van der Waals surface area contributed by atoms with Crippen LogP contribution in [-0.4, -0.2) is 9.78 Å². The third-order valence-electron chi connectivity index (χ3n) is 1.68. The van der Waals surface area contributed by atoms with Gasteiger partial charge in [0.25, 0.3) is 0 Å². The number of rotatable bonds is 1. The highest BCUT2D eigenvalue weighted by Gasteiger charge is 2.13. The van der Waals surface area contributed by atoms with E-state index in [4.69, 9.17) is 5.73 Å². The molecule has 2 N–H and O–H groups in total. The van der Waals surface area contributed by atoms with Crippen LogP contribution >= 0.6 is 0 Å². The fraction of sp³-hybridized carbons (Fsp3) is 0.667. The molecule has 0 radical (unpaired) electrons. The molecule has 1 heterocycles. The van der Waals surface area contributed by atoms with Gasteiger partial charge in [0.15, 0.2) is 0 Å². The van der Waals surface area contributed by atoms with Crippen molar-refractivity contribution >= 4 is 5.82 Å². The first-order chi connectivity index (χ1) is 5.38. The van der Waals surface area contributed by atoms with Gasteiger partial charge >= 0.3 is 0 Å². The number of nitrogen functional groups attached to an aromatic ring is 1. The molecule has 68 valence electrons. The standard InChI is InChI=1S/C9H17N3/c1-9(2,3)6-7-5-8(10)12(4)11-7/h5H,6,10H2,1-4H3. The SMILES string of the molecule is Cn1nc(CC(C)(C)C)cc1N. The van der Waals surface area contributed by atoms with E-state index in [2.05, 4.69) is 25.9 Å². The molecule has 12 heavy (non-hydrogen) atoms. The molecule has 0 atom stereocenters. The first-order valence-corrected chi connectivity index (χ1v) is 4.17. The van der Waals surface area contributed by atoms with E-state index in [1.165, 1.54) is 0 Å². The zero-order valence-electron chi connectivity index (χ0n) is 8.26. The Morgan fingerprint density at radius 3 is 2.42 bits per heavy atom. The Balaban J connectivity index is 2.77. The monoisotopic (exact) mass is 167 g/mol. The molecule has 0 bridgehead atoms. The van der Waals surface area contributed by atoms with Gasteiger partial charge in [-0.25, -0.2) is 0 Å². The van der Waals surface area contributed by atoms with Crippen molar-refractivity contribution in [3.05, 3.63) is 11.8 Å². The van der Waals surface area contributed by atoms with Gasteiger partial charge in [0.1, 0.15) is 5.82 Å². The first kappa shape index (κ1) is 9.10. The summed E-state index contributed by atoms with van der Waals surface area (Å²) in [6.07, 6.45) is 0.970. The third-order valence-corrected chi connectivity index (χ3v) is 1.68. The van der Waals surface area contributed by atoms with Crippen molar-refractivity contribution in [3.8, 4) is 0 Å². The lowest BCUT2D eigenvalue weighted by atomic mass is 9.91. The number of aromatic nitrogens is 2. The molecule has 0 fully saturated rings. The number of hydrogen-bond acceptors (Lipinski definition) is 2. The number of aryl methyl sites for hydroxylation is 1. The van der Waals surface area contributed by atoms with Crippen LogP contribution in [0.4, 0.5) is 5.82 Å². The van der Waals surface area contributed by atoms with Crippen molar-refractivity contribution in [1.82, 2.24) is 9.78 Å². The molecule has 1 aromatic heterocycles. The van der Waals surface area contributed by atoms with Gasteiger partial charge < -0.3 is 5.73 Å². The molecular weight excluding hydrogens is 150 g/mol. The maximum Gasteiger partial charge on any atom is 0.121 e. The Morgan fingerprint density at radius 2 is 2.08 bits per heavy atom. The van der Waals surface area contributed by atoms with Crippen LogP contribution in [0.1, 0.15) is 26.5 Å². The summed E-state index contributed by atoms with van der Waals surface area (Å²) in [7, 11) is 1.86. The first-order valence-electron chi connectivity index (χ1n) is 4.17. The number of nitrogens with two attached hydrogens (primary N) is 1. The van der Waals surface area contributed by atoms with Crippen molar-refractivity contribution < 1.29 is 0 Å². The molecule has 0 aromatic carbocycles. The summed E-state index contributed by atoms with van der Waals surface area (Å²) < 4.78 is 1.71. The molecule has 0 aliphatic heterocycles. The summed E-state index contributed by atoms with van der Waals surface area (Å²) in [6, 6.07) is 1.94. The fourth-order valence-corrected chi connectivity index (χ4v) is 1.17. The summed E-state index contributed by atoms with van der Waals surface area (Å²) in [5.74, 6) is 0.731. The van der Waals surface area contributed by atoms with E-state index in [9.17, 15) is 0 Å². The molecule has 0 aliphatic rings. The van der Waals surface area contributed by atoms with Gasteiger partial charge in [-0.2, -0.15) is 5.10 Å². The Hall–Kier alpha value is -0.990. The molecule has 0 saturated carbocycles. The van der Waals surface area contributed by atoms with E-state index in [1.807, 2.05) is 13.1 Å². The lowest BCUT2D eigenvalue weighted by molar-refractivity contribution is 0.404. The minimum Gasteiger partial charge on any atom is -0.384 e. The maximum atomic E-state index is 5.66. The van der Waals surface area contributed by atoms with Gasteiger partial charge in [-0.05, 0) is 11.8 Å². The molecule has 1 aromatic rings. The van der Waals surface area contributed by atoms with Gasteiger partial charge in [0.05, 0.1) is 5.69 Å². The topological polar surface area (TPSA) is 43.8 Å². The average molecular weight is 167 g/mol. The summed E-state index contributed by atoms with van der Waals surface area (Å²) in [5.41, 5.74) is 7.01. The highest BCUT2D eigenvalue weighted by Crippen LogP contribution is 2.20. The van der Waals surface area contributed by atoms with Crippen LogP contribution in [0.3, 0.4) is 0 Å². The lowest BCUT2D eigenvalue weighted by Gasteiger charge is -2.15. The Morgan fingerprint density at radius 1 is 1.50 bits per heavy atom. The molecule has 0 spiro atoms. The summed E-state index contributed by atoms with van der Waals surface area (Å²) in [6.45, 7) is 6.58. The van der Waals surface area contributed by atoms with E-state index >= 15 is 0 Å². The Labute approximate surface area is 73.6 Å². The third kappa shape index (κ3) is 2.26. The maximum absolute atomic E-state index is 5.66. The largest absolute Gasteiger partial charge is 0.384 e. The van der Waals surface area contributed by atoms with Crippen molar-refractivity contribution in [1.29, 1.82) is 0 Å². The van der Waals surface area contributed by atoms with Crippen LogP contribution in [0.15, 0.2) is 6.07 Å². The second-order valence-corrected chi connectivity index (χ2v) is 4.42. The zero-order valence-corrected chi connectivity index (χ0v) is 8.26. The predicted octanol–water partition coefficient (Wildman–Crippen LogP) is 1.59. The number of nitrogens with zero attached hydrogens (tertiary/aromatic N) is 2. The number of anilines is 1. The van der Waals surface area contributed by atoms with E-state index < -0.39 is 0 Å². The molecule has 3 heteroatoms. The zero-order chi connectivity index (χ0) is 9.35. The van der Waals surface area contributed by atoms with Gasteiger partial charge in [0.2, 0.25) is 0 Å². The van der Waals surface area contributed by atoms with Crippen LogP contribution in [0.25, 0.3) is 0 Å². The lowest BCUT2D eigenvalue weighted by Crippen LogP contribution is -2.09. The van der Waals surface area contributed by atoms with Crippen molar-refractivity contribution in [2.24, 2.45) is 12.5 Å². The van der Waals surface area contributed by atoms with E-state index in [-0.39, 0.29) is 5.41 Å². The normalized spacial score (nSPS) is 12.0. The molecule has 0 unspecified atom stereocenters. The van der Waals surface area contributed by atoms with Crippen LogP contribution in [0, 0.1) is 5.41 Å². The second-order valence-electron chi connectivity index (χ2n) is 4.42. The predicted molar refractivity (Wildman–Crippen MR) is 50.8 cm³/mol. The van der Waals surface area contributed by atoms with E-state index in [0.717, 1.165) is 17.9 Å². The van der Waals surface area contributed by atoms with Crippen molar-refractivity contribution in [3.63, 3.8) is 0 Å². The van der Waals surface area contributed by atoms with E-state index in [0.29, 0.717) is 0 Å². The second kappa shape index (κ2) is 2.81.